The van der Waals surface area contributed by atoms with E-state index in [-0.39, 0.29) is 5.56 Å². The maximum absolute atomic E-state index is 13.0. The molecule has 0 spiro atoms. The zero-order valence-corrected chi connectivity index (χ0v) is 10.9. The van der Waals surface area contributed by atoms with E-state index >= 15 is 0 Å². The van der Waals surface area contributed by atoms with Crippen LogP contribution in [0.3, 0.4) is 0 Å². The highest BCUT2D eigenvalue weighted by Gasteiger charge is 2.11. The lowest BCUT2D eigenvalue weighted by atomic mass is 10.2. The summed E-state index contributed by atoms with van der Waals surface area (Å²) >= 11 is 0. The van der Waals surface area contributed by atoms with Crippen LogP contribution in [0.4, 0.5) is 8.78 Å². The van der Waals surface area contributed by atoms with E-state index in [0.717, 1.165) is 25.2 Å². The van der Waals surface area contributed by atoms with Crippen molar-refractivity contribution in [1.82, 2.24) is 10.4 Å². The average molecular weight is 286 g/mol. The summed E-state index contributed by atoms with van der Waals surface area (Å²) in [4.78, 5) is 18.8. The molecule has 1 saturated heterocycles. The predicted molar refractivity (Wildman–Crippen MR) is 67.0 cm³/mol. The van der Waals surface area contributed by atoms with Gasteiger partial charge in [-0.15, -0.1) is 0 Å². The highest BCUT2D eigenvalue weighted by Crippen LogP contribution is 2.08. The van der Waals surface area contributed by atoms with E-state index in [1.807, 2.05) is 0 Å². The van der Waals surface area contributed by atoms with Gasteiger partial charge in [0.05, 0.1) is 19.8 Å². The molecule has 20 heavy (non-hydrogen) atoms. The highest BCUT2D eigenvalue weighted by molar-refractivity contribution is 5.93. The molecule has 1 N–H and O–H groups in total. The Kier molecular flexibility index (Phi) is 5.40. The molecule has 1 aromatic rings. The number of hydrogen-bond donors (Lipinski definition) is 1. The average Bonchev–Trinajstić information content (AvgIpc) is 2.47. The Morgan fingerprint density at radius 1 is 1.30 bits per heavy atom. The van der Waals surface area contributed by atoms with Gasteiger partial charge in [0.25, 0.3) is 5.91 Å². The third kappa shape index (κ3) is 4.22. The normalized spacial score (nSPS) is 16.1. The first kappa shape index (κ1) is 14.8. The van der Waals surface area contributed by atoms with Crippen molar-refractivity contribution in [3.05, 3.63) is 35.4 Å². The van der Waals surface area contributed by atoms with E-state index in [2.05, 4.69) is 10.4 Å². The molecule has 1 fully saturated rings. The van der Waals surface area contributed by atoms with E-state index in [9.17, 15) is 13.6 Å². The fourth-order valence-corrected chi connectivity index (χ4v) is 1.81. The lowest BCUT2D eigenvalue weighted by molar-refractivity contribution is -0.00178. The Bertz CT molecular complexity index is 465. The summed E-state index contributed by atoms with van der Waals surface area (Å²) in [6, 6.07) is 2.92. The molecule has 1 aromatic carbocycles. The summed E-state index contributed by atoms with van der Waals surface area (Å²) < 4.78 is 30.9. The van der Waals surface area contributed by atoms with Crippen molar-refractivity contribution in [2.24, 2.45) is 0 Å². The van der Waals surface area contributed by atoms with Crippen molar-refractivity contribution >= 4 is 5.91 Å². The zero-order valence-electron chi connectivity index (χ0n) is 10.9. The number of amides is 1. The van der Waals surface area contributed by atoms with Crippen molar-refractivity contribution in [3.8, 4) is 0 Å². The summed E-state index contributed by atoms with van der Waals surface area (Å²) in [7, 11) is 0. The van der Waals surface area contributed by atoms with Crippen LogP contribution in [0.5, 0.6) is 0 Å². The molecule has 110 valence electrons. The molecule has 0 bridgehead atoms. The third-order valence-corrected chi connectivity index (χ3v) is 2.96. The second-order valence-corrected chi connectivity index (χ2v) is 4.36. The molecule has 0 atom stereocenters. The van der Waals surface area contributed by atoms with Crippen LogP contribution < -0.4 is 5.48 Å². The number of rotatable bonds is 5. The first-order valence-corrected chi connectivity index (χ1v) is 6.34. The van der Waals surface area contributed by atoms with Gasteiger partial charge >= 0.3 is 0 Å². The summed E-state index contributed by atoms with van der Waals surface area (Å²) in [5, 5.41) is 0. The number of nitrogens with zero attached hydrogens (tertiary/aromatic N) is 1. The number of morpholine rings is 1. The first-order valence-electron chi connectivity index (χ1n) is 6.34. The van der Waals surface area contributed by atoms with E-state index < -0.39 is 17.5 Å². The van der Waals surface area contributed by atoms with Gasteiger partial charge in [-0.3, -0.25) is 14.5 Å². The van der Waals surface area contributed by atoms with Crippen LogP contribution in [0.15, 0.2) is 18.2 Å². The smallest absolute Gasteiger partial charge is 0.274 e. The molecule has 1 aliphatic heterocycles. The zero-order chi connectivity index (χ0) is 14.4. The van der Waals surface area contributed by atoms with Crippen LogP contribution >= 0.6 is 0 Å². The Balaban J connectivity index is 1.70. The number of hydroxylamine groups is 1. The minimum Gasteiger partial charge on any atom is -0.379 e. The van der Waals surface area contributed by atoms with Gasteiger partial charge in [0.2, 0.25) is 0 Å². The van der Waals surface area contributed by atoms with Crippen LogP contribution in [0.1, 0.15) is 10.4 Å². The molecule has 1 aliphatic rings. The second-order valence-electron chi connectivity index (χ2n) is 4.36. The van der Waals surface area contributed by atoms with Gasteiger partial charge in [-0.25, -0.2) is 14.3 Å². The SMILES string of the molecule is O=C(NOCCN1CCOCC1)c1ccc(F)c(F)c1. The van der Waals surface area contributed by atoms with Crippen molar-refractivity contribution in [1.29, 1.82) is 0 Å². The minimum atomic E-state index is -1.06. The molecule has 0 unspecified atom stereocenters. The summed E-state index contributed by atoms with van der Waals surface area (Å²) in [5.74, 6) is -2.66. The summed E-state index contributed by atoms with van der Waals surface area (Å²) in [6.07, 6.45) is 0. The Morgan fingerprint density at radius 2 is 2.05 bits per heavy atom. The van der Waals surface area contributed by atoms with Crippen molar-refractivity contribution < 1.29 is 23.1 Å². The Labute approximate surface area is 115 Å². The van der Waals surface area contributed by atoms with E-state index in [0.29, 0.717) is 26.4 Å². The van der Waals surface area contributed by atoms with Crippen LogP contribution in [-0.2, 0) is 9.57 Å². The Hall–Kier alpha value is -1.57. The van der Waals surface area contributed by atoms with Crippen molar-refractivity contribution in [3.63, 3.8) is 0 Å². The number of ether oxygens (including phenoxy) is 1. The van der Waals surface area contributed by atoms with Gasteiger partial charge in [-0.2, -0.15) is 0 Å². The quantitative estimate of drug-likeness (QED) is 0.647. The number of nitrogens with one attached hydrogen (secondary N) is 1. The molecule has 5 nitrogen and oxygen atoms in total. The van der Waals surface area contributed by atoms with Gasteiger partial charge in [-0.05, 0) is 18.2 Å². The van der Waals surface area contributed by atoms with Gasteiger partial charge < -0.3 is 4.74 Å². The summed E-state index contributed by atoms with van der Waals surface area (Å²) in [5.41, 5.74) is 2.21. The maximum atomic E-state index is 13.0. The maximum Gasteiger partial charge on any atom is 0.274 e. The topological polar surface area (TPSA) is 50.8 Å². The summed E-state index contributed by atoms with van der Waals surface area (Å²) in [6.45, 7) is 4.04. The van der Waals surface area contributed by atoms with Gasteiger partial charge in [0, 0.05) is 25.2 Å². The van der Waals surface area contributed by atoms with Crippen molar-refractivity contribution in [2.75, 3.05) is 39.5 Å². The number of carbonyl (C=O) groups excluding carboxylic acids is 1. The van der Waals surface area contributed by atoms with E-state index in [1.165, 1.54) is 6.07 Å². The molecule has 7 heteroatoms. The van der Waals surface area contributed by atoms with Gasteiger partial charge in [-0.1, -0.05) is 0 Å². The molecule has 2 rings (SSSR count). The first-order chi connectivity index (χ1) is 9.66. The Morgan fingerprint density at radius 3 is 2.75 bits per heavy atom. The molecule has 0 saturated carbocycles. The lowest BCUT2D eigenvalue weighted by Gasteiger charge is -2.26. The van der Waals surface area contributed by atoms with Gasteiger partial charge in [0.15, 0.2) is 11.6 Å². The third-order valence-electron chi connectivity index (χ3n) is 2.96. The number of carbonyl (C=O) groups is 1. The standard InChI is InChI=1S/C13H16F2N2O3/c14-11-2-1-10(9-12(11)15)13(18)16-20-8-5-17-3-6-19-7-4-17/h1-2,9H,3-8H2,(H,16,18). The van der Waals surface area contributed by atoms with E-state index in [4.69, 9.17) is 9.57 Å². The number of hydrogen-bond acceptors (Lipinski definition) is 4. The monoisotopic (exact) mass is 286 g/mol. The van der Waals surface area contributed by atoms with Crippen LogP contribution in [0.2, 0.25) is 0 Å². The number of benzene rings is 1. The molecular weight excluding hydrogens is 270 g/mol. The molecule has 0 aromatic heterocycles. The second kappa shape index (κ2) is 7.28. The lowest BCUT2D eigenvalue weighted by Crippen LogP contribution is -2.39. The number of halogens is 2. The molecule has 1 amide bonds. The fourth-order valence-electron chi connectivity index (χ4n) is 1.81. The highest BCUT2D eigenvalue weighted by atomic mass is 19.2. The van der Waals surface area contributed by atoms with Gasteiger partial charge in [0.1, 0.15) is 0 Å². The molecule has 0 radical (unpaired) electrons. The van der Waals surface area contributed by atoms with Crippen LogP contribution in [0, 0.1) is 11.6 Å². The minimum absolute atomic E-state index is 0.00951. The fraction of sp³-hybridized carbons (Fsp3) is 0.462. The molecule has 0 aliphatic carbocycles. The van der Waals surface area contributed by atoms with E-state index in [1.54, 1.807) is 0 Å². The van der Waals surface area contributed by atoms with Crippen LogP contribution in [-0.4, -0.2) is 50.3 Å². The molecule has 1 heterocycles. The molecular formula is C13H16F2N2O3. The predicted octanol–water partition coefficient (Wildman–Crippen LogP) is 0.958. The van der Waals surface area contributed by atoms with Crippen LogP contribution in [0.25, 0.3) is 0 Å². The largest absolute Gasteiger partial charge is 0.379 e. The van der Waals surface area contributed by atoms with Crippen molar-refractivity contribution in [2.45, 2.75) is 0 Å².